The number of para-hydroxylation sites is 2. The Morgan fingerprint density at radius 3 is 3.10 bits per heavy atom. The molecule has 0 bridgehead atoms. The number of nitrogens with zero attached hydrogens (tertiary/aromatic N) is 2. The number of nitrogens with one attached hydrogen (secondary N) is 1. The summed E-state index contributed by atoms with van der Waals surface area (Å²) in [6.07, 6.45) is 5.06. The van der Waals surface area contributed by atoms with Gasteiger partial charge in [0.2, 0.25) is 0 Å². The number of hydrogen-bond donors (Lipinski definition) is 2. The van der Waals surface area contributed by atoms with Crippen LogP contribution < -0.4 is 5.32 Å². The number of rotatable bonds is 4. The zero-order chi connectivity index (χ0) is 14.9. The Kier molecular flexibility index (Phi) is 3.68. The van der Waals surface area contributed by atoms with Gasteiger partial charge in [-0.2, -0.15) is 0 Å². The Bertz CT molecular complexity index is 648. The van der Waals surface area contributed by atoms with Crippen molar-refractivity contribution in [2.45, 2.75) is 44.2 Å². The van der Waals surface area contributed by atoms with Gasteiger partial charge in [-0.1, -0.05) is 19.1 Å². The van der Waals surface area contributed by atoms with E-state index in [1.807, 2.05) is 37.5 Å². The molecule has 0 spiro atoms. The van der Waals surface area contributed by atoms with Crippen LogP contribution in [-0.4, -0.2) is 32.7 Å². The van der Waals surface area contributed by atoms with Gasteiger partial charge in [-0.05, 0) is 44.4 Å². The number of aromatic nitrogens is 2. The molecular formula is C16H21N3O2. The van der Waals surface area contributed by atoms with E-state index in [1.165, 1.54) is 0 Å². The SMILES string of the molecule is CCNC1(C(=O)O)CCCC(n2cnc3ccccc32)C1. The van der Waals surface area contributed by atoms with Crippen molar-refractivity contribution in [3.63, 3.8) is 0 Å². The van der Waals surface area contributed by atoms with Gasteiger partial charge in [0.05, 0.1) is 17.4 Å². The van der Waals surface area contributed by atoms with Crippen LogP contribution in [0.4, 0.5) is 0 Å². The molecule has 0 saturated heterocycles. The Morgan fingerprint density at radius 2 is 2.33 bits per heavy atom. The second-order valence-corrected chi connectivity index (χ2v) is 5.81. The number of benzene rings is 1. The topological polar surface area (TPSA) is 67.2 Å². The smallest absolute Gasteiger partial charge is 0.323 e. The highest BCUT2D eigenvalue weighted by Gasteiger charge is 2.42. The highest BCUT2D eigenvalue weighted by molar-refractivity contribution is 5.79. The van der Waals surface area contributed by atoms with E-state index in [4.69, 9.17) is 0 Å². The molecule has 2 unspecified atom stereocenters. The molecule has 1 aliphatic carbocycles. The first kappa shape index (κ1) is 14.1. The number of likely N-dealkylation sites (N-methyl/N-ethyl adjacent to an activating group) is 1. The van der Waals surface area contributed by atoms with Crippen LogP contribution >= 0.6 is 0 Å². The zero-order valence-corrected chi connectivity index (χ0v) is 12.2. The molecule has 5 heteroatoms. The summed E-state index contributed by atoms with van der Waals surface area (Å²) in [4.78, 5) is 16.2. The summed E-state index contributed by atoms with van der Waals surface area (Å²) in [5, 5.41) is 12.9. The van der Waals surface area contributed by atoms with E-state index in [0.29, 0.717) is 19.4 Å². The molecule has 1 aliphatic rings. The summed E-state index contributed by atoms with van der Waals surface area (Å²) in [6.45, 7) is 2.63. The molecule has 1 heterocycles. The number of imidazole rings is 1. The lowest BCUT2D eigenvalue weighted by atomic mass is 9.78. The van der Waals surface area contributed by atoms with E-state index >= 15 is 0 Å². The average Bonchev–Trinajstić information content (AvgIpc) is 2.91. The molecule has 0 amide bonds. The molecule has 2 aromatic rings. The highest BCUT2D eigenvalue weighted by atomic mass is 16.4. The van der Waals surface area contributed by atoms with Gasteiger partial charge >= 0.3 is 5.97 Å². The van der Waals surface area contributed by atoms with Crippen molar-refractivity contribution in [1.82, 2.24) is 14.9 Å². The minimum atomic E-state index is -0.803. The van der Waals surface area contributed by atoms with Gasteiger partial charge in [0.15, 0.2) is 0 Å². The maximum atomic E-state index is 11.8. The van der Waals surface area contributed by atoms with E-state index < -0.39 is 11.5 Å². The van der Waals surface area contributed by atoms with E-state index in [1.54, 1.807) is 0 Å². The molecule has 0 aliphatic heterocycles. The fourth-order valence-electron chi connectivity index (χ4n) is 3.52. The van der Waals surface area contributed by atoms with Crippen LogP contribution in [0.2, 0.25) is 0 Å². The van der Waals surface area contributed by atoms with Gasteiger partial charge in [-0.25, -0.2) is 4.98 Å². The maximum absolute atomic E-state index is 11.8. The summed E-state index contributed by atoms with van der Waals surface area (Å²) in [6, 6.07) is 8.19. The van der Waals surface area contributed by atoms with E-state index in [-0.39, 0.29) is 6.04 Å². The second kappa shape index (κ2) is 5.48. The third-order valence-electron chi connectivity index (χ3n) is 4.52. The molecular weight excluding hydrogens is 266 g/mol. The monoisotopic (exact) mass is 287 g/mol. The maximum Gasteiger partial charge on any atom is 0.323 e. The summed E-state index contributed by atoms with van der Waals surface area (Å²) in [5.74, 6) is -0.738. The first-order chi connectivity index (χ1) is 10.2. The lowest BCUT2D eigenvalue weighted by molar-refractivity contribution is -0.147. The van der Waals surface area contributed by atoms with Crippen molar-refractivity contribution in [1.29, 1.82) is 0 Å². The number of fused-ring (bicyclic) bond motifs is 1. The van der Waals surface area contributed by atoms with Crippen LogP contribution in [0.1, 0.15) is 38.6 Å². The third-order valence-corrected chi connectivity index (χ3v) is 4.52. The fourth-order valence-corrected chi connectivity index (χ4v) is 3.52. The first-order valence-electron chi connectivity index (χ1n) is 7.56. The number of carbonyl (C=O) groups is 1. The molecule has 1 fully saturated rings. The predicted octanol–water partition coefficient (Wildman–Crippen LogP) is 2.58. The summed E-state index contributed by atoms with van der Waals surface area (Å²) in [5.41, 5.74) is 1.25. The largest absolute Gasteiger partial charge is 0.480 e. The van der Waals surface area contributed by atoms with Crippen LogP contribution in [0, 0.1) is 0 Å². The molecule has 5 nitrogen and oxygen atoms in total. The van der Waals surface area contributed by atoms with Gasteiger partial charge in [-0.15, -0.1) is 0 Å². The molecule has 112 valence electrons. The Hall–Kier alpha value is -1.88. The van der Waals surface area contributed by atoms with Crippen molar-refractivity contribution in [3.05, 3.63) is 30.6 Å². The first-order valence-corrected chi connectivity index (χ1v) is 7.56. The summed E-state index contributed by atoms with van der Waals surface area (Å²) >= 11 is 0. The van der Waals surface area contributed by atoms with Gasteiger partial charge in [-0.3, -0.25) is 4.79 Å². The van der Waals surface area contributed by atoms with Crippen molar-refractivity contribution >= 4 is 17.0 Å². The van der Waals surface area contributed by atoms with Crippen molar-refractivity contribution in [2.75, 3.05) is 6.54 Å². The van der Waals surface area contributed by atoms with Gasteiger partial charge in [0.25, 0.3) is 0 Å². The molecule has 0 radical (unpaired) electrons. The minimum Gasteiger partial charge on any atom is -0.480 e. The minimum absolute atomic E-state index is 0.182. The van der Waals surface area contributed by atoms with Gasteiger partial charge < -0.3 is 15.0 Å². The van der Waals surface area contributed by atoms with E-state index in [9.17, 15) is 9.90 Å². The van der Waals surface area contributed by atoms with Crippen LogP contribution in [0.15, 0.2) is 30.6 Å². The molecule has 1 saturated carbocycles. The van der Waals surface area contributed by atoms with Crippen molar-refractivity contribution < 1.29 is 9.90 Å². The highest BCUT2D eigenvalue weighted by Crippen LogP contribution is 2.37. The van der Waals surface area contributed by atoms with Crippen molar-refractivity contribution in [3.8, 4) is 0 Å². The Balaban J connectivity index is 1.94. The van der Waals surface area contributed by atoms with Gasteiger partial charge in [0.1, 0.15) is 5.54 Å². The van der Waals surface area contributed by atoms with Crippen LogP contribution in [0.5, 0.6) is 0 Å². The normalized spacial score (nSPS) is 26.0. The van der Waals surface area contributed by atoms with E-state index in [2.05, 4.69) is 14.9 Å². The van der Waals surface area contributed by atoms with Crippen LogP contribution in [-0.2, 0) is 4.79 Å². The quantitative estimate of drug-likeness (QED) is 0.907. The second-order valence-electron chi connectivity index (χ2n) is 5.81. The molecule has 21 heavy (non-hydrogen) atoms. The van der Waals surface area contributed by atoms with E-state index in [0.717, 1.165) is 23.9 Å². The lowest BCUT2D eigenvalue weighted by Crippen LogP contribution is -2.55. The number of aliphatic carboxylic acids is 1. The number of carboxylic acids is 1. The summed E-state index contributed by atoms with van der Waals surface area (Å²) in [7, 11) is 0. The van der Waals surface area contributed by atoms with Crippen molar-refractivity contribution in [2.24, 2.45) is 0 Å². The van der Waals surface area contributed by atoms with Gasteiger partial charge in [0, 0.05) is 6.04 Å². The Labute approximate surface area is 124 Å². The fraction of sp³-hybridized carbons (Fsp3) is 0.500. The molecule has 1 aromatic carbocycles. The standard InChI is InChI=1S/C16H21N3O2/c1-2-18-16(15(20)21)9-5-6-12(10-16)19-11-17-13-7-3-4-8-14(13)19/h3-4,7-8,11-12,18H,2,5-6,9-10H2,1H3,(H,20,21). The number of hydrogen-bond acceptors (Lipinski definition) is 3. The Morgan fingerprint density at radius 1 is 1.52 bits per heavy atom. The third kappa shape index (κ3) is 2.42. The van der Waals surface area contributed by atoms with Crippen LogP contribution in [0.25, 0.3) is 11.0 Å². The zero-order valence-electron chi connectivity index (χ0n) is 12.2. The average molecular weight is 287 g/mol. The molecule has 1 aromatic heterocycles. The summed E-state index contributed by atoms with van der Waals surface area (Å²) < 4.78 is 2.14. The molecule has 3 rings (SSSR count). The molecule has 2 atom stereocenters. The van der Waals surface area contributed by atoms with Crippen LogP contribution in [0.3, 0.4) is 0 Å². The predicted molar refractivity (Wildman–Crippen MR) is 81.3 cm³/mol. The lowest BCUT2D eigenvalue weighted by Gasteiger charge is -2.38. The molecule has 2 N–H and O–H groups in total. The number of carboxylic acid groups (broad SMARTS) is 1.